The van der Waals surface area contributed by atoms with Crippen LogP contribution < -0.4 is 0 Å². The summed E-state index contributed by atoms with van der Waals surface area (Å²) in [6, 6.07) is 0. The summed E-state index contributed by atoms with van der Waals surface area (Å²) in [6.07, 6.45) is -2.85. The molecule has 24 heavy (non-hydrogen) atoms. The summed E-state index contributed by atoms with van der Waals surface area (Å²) in [5, 5.41) is 29.4. The molecule has 0 saturated carbocycles. The number of hydrogen-bond acceptors (Lipinski definition) is 9. The average Bonchev–Trinajstić information content (AvgIpc) is 2.80. The van der Waals surface area contributed by atoms with Crippen LogP contribution in [-0.4, -0.2) is 68.6 Å². The molecule has 0 radical (unpaired) electrons. The summed E-state index contributed by atoms with van der Waals surface area (Å²) >= 11 is 3.15. The molecule has 1 saturated heterocycles. The number of aliphatic hydroxyl groups excluding tert-OH is 3. The van der Waals surface area contributed by atoms with Gasteiger partial charge in [0.25, 0.3) is 0 Å². The molecular weight excluding hydrogens is 390 g/mol. The highest BCUT2D eigenvalue weighted by Gasteiger charge is 2.34. The fraction of sp³-hybridized carbons (Fsp3) is 0.857. The monoisotopic (exact) mass is 413 g/mol. The SMILES string of the molecule is CC(C)(Br)C(=O)OCCOC(O)CCC(=O)ON1C(O)CCC1O. The number of halogens is 1. The maximum Gasteiger partial charge on any atom is 0.325 e. The highest BCUT2D eigenvalue weighted by molar-refractivity contribution is 9.10. The van der Waals surface area contributed by atoms with Gasteiger partial charge in [-0.2, -0.15) is 0 Å². The molecule has 9 nitrogen and oxygen atoms in total. The third-order valence-electron chi connectivity index (χ3n) is 3.19. The van der Waals surface area contributed by atoms with E-state index < -0.39 is 35.0 Å². The Bertz CT molecular complexity index is 417. The molecule has 0 amide bonds. The van der Waals surface area contributed by atoms with Crippen LogP contribution in [0.25, 0.3) is 0 Å². The van der Waals surface area contributed by atoms with Gasteiger partial charge >= 0.3 is 11.9 Å². The predicted octanol–water partition coefficient (Wildman–Crippen LogP) is 0.00910. The number of alkyl halides is 1. The average molecular weight is 414 g/mol. The lowest BCUT2D eigenvalue weighted by molar-refractivity contribution is -0.262. The standard InChI is InChI=1S/C14H24BrNO8/c1-14(2,15)13(21)23-8-7-22-11(19)5-6-12(20)24-16-9(17)3-4-10(16)18/h9-11,17-19H,3-8H2,1-2H3. The van der Waals surface area contributed by atoms with Crippen LogP contribution in [0.2, 0.25) is 0 Å². The molecule has 3 N–H and O–H groups in total. The Morgan fingerprint density at radius 1 is 1.25 bits per heavy atom. The highest BCUT2D eigenvalue weighted by atomic mass is 79.9. The first kappa shape index (κ1) is 21.3. The Labute approximate surface area is 148 Å². The minimum absolute atomic E-state index is 0.0193. The van der Waals surface area contributed by atoms with Crippen molar-refractivity contribution in [2.24, 2.45) is 0 Å². The van der Waals surface area contributed by atoms with Gasteiger partial charge in [0, 0.05) is 6.42 Å². The van der Waals surface area contributed by atoms with Crippen molar-refractivity contribution in [2.75, 3.05) is 13.2 Å². The summed E-state index contributed by atoms with van der Waals surface area (Å²) in [5.74, 6) is -1.16. The molecule has 0 aliphatic carbocycles. The second-order valence-electron chi connectivity index (χ2n) is 5.83. The van der Waals surface area contributed by atoms with Gasteiger partial charge in [-0.25, -0.2) is 0 Å². The van der Waals surface area contributed by atoms with Gasteiger partial charge < -0.3 is 29.6 Å². The molecule has 10 heteroatoms. The van der Waals surface area contributed by atoms with E-state index in [0.717, 1.165) is 5.06 Å². The molecule has 1 fully saturated rings. The van der Waals surface area contributed by atoms with Gasteiger partial charge in [-0.3, -0.25) is 9.59 Å². The van der Waals surface area contributed by atoms with E-state index >= 15 is 0 Å². The number of rotatable bonds is 9. The fourth-order valence-corrected chi connectivity index (χ4v) is 1.97. The molecule has 140 valence electrons. The minimum Gasteiger partial charge on any atom is -0.462 e. The lowest BCUT2D eigenvalue weighted by Crippen LogP contribution is -2.38. The normalized spacial score (nSPS) is 23.1. The molecule has 1 aliphatic heterocycles. The number of ether oxygens (including phenoxy) is 2. The molecule has 0 aromatic rings. The van der Waals surface area contributed by atoms with E-state index in [1.54, 1.807) is 13.8 Å². The van der Waals surface area contributed by atoms with Gasteiger partial charge in [0.05, 0.1) is 13.0 Å². The molecule has 3 atom stereocenters. The van der Waals surface area contributed by atoms with E-state index in [1.807, 2.05) is 0 Å². The second kappa shape index (κ2) is 9.64. The zero-order chi connectivity index (χ0) is 18.3. The number of carbonyl (C=O) groups is 2. The van der Waals surface area contributed by atoms with E-state index in [0.29, 0.717) is 12.8 Å². The van der Waals surface area contributed by atoms with Gasteiger partial charge in [0.1, 0.15) is 23.4 Å². The number of hydroxylamine groups is 2. The maximum atomic E-state index is 11.6. The molecule has 1 heterocycles. The minimum atomic E-state index is -1.22. The topological polar surface area (TPSA) is 126 Å². The summed E-state index contributed by atoms with van der Waals surface area (Å²) in [5.41, 5.74) is 0. The Morgan fingerprint density at radius 2 is 1.83 bits per heavy atom. The van der Waals surface area contributed by atoms with E-state index in [2.05, 4.69) is 15.9 Å². The van der Waals surface area contributed by atoms with Crippen LogP contribution in [0, 0.1) is 0 Å². The molecule has 3 unspecified atom stereocenters. The zero-order valence-corrected chi connectivity index (χ0v) is 15.3. The van der Waals surface area contributed by atoms with Gasteiger partial charge in [0.15, 0.2) is 6.29 Å². The van der Waals surface area contributed by atoms with Crippen molar-refractivity contribution in [3.05, 3.63) is 0 Å². The lowest BCUT2D eigenvalue weighted by Gasteiger charge is -2.22. The van der Waals surface area contributed by atoms with Crippen LogP contribution in [0.1, 0.15) is 39.5 Å². The van der Waals surface area contributed by atoms with Crippen LogP contribution in [0.4, 0.5) is 0 Å². The molecule has 0 bridgehead atoms. The van der Waals surface area contributed by atoms with Crippen LogP contribution in [0.3, 0.4) is 0 Å². The molecular formula is C14H24BrNO8. The van der Waals surface area contributed by atoms with Crippen molar-refractivity contribution in [2.45, 2.75) is 62.6 Å². The van der Waals surface area contributed by atoms with E-state index in [1.165, 1.54) is 0 Å². The highest BCUT2D eigenvalue weighted by Crippen LogP contribution is 2.21. The third kappa shape index (κ3) is 7.41. The summed E-state index contributed by atoms with van der Waals surface area (Å²) in [4.78, 5) is 27.9. The van der Waals surface area contributed by atoms with Crippen molar-refractivity contribution in [3.8, 4) is 0 Å². The summed E-state index contributed by atoms with van der Waals surface area (Å²) in [7, 11) is 0. The maximum absolute atomic E-state index is 11.6. The van der Waals surface area contributed by atoms with Gasteiger partial charge in [-0.15, -0.1) is 0 Å². The van der Waals surface area contributed by atoms with Gasteiger partial charge in [-0.05, 0) is 26.7 Å². The Kier molecular flexibility index (Phi) is 8.54. The first-order valence-electron chi connectivity index (χ1n) is 7.62. The van der Waals surface area contributed by atoms with Crippen molar-refractivity contribution in [1.82, 2.24) is 5.06 Å². The quantitative estimate of drug-likeness (QED) is 0.207. The van der Waals surface area contributed by atoms with Crippen molar-refractivity contribution in [1.29, 1.82) is 0 Å². The van der Waals surface area contributed by atoms with Gasteiger partial charge in [-0.1, -0.05) is 21.0 Å². The van der Waals surface area contributed by atoms with Crippen LogP contribution >= 0.6 is 15.9 Å². The van der Waals surface area contributed by atoms with Crippen molar-refractivity contribution >= 4 is 27.9 Å². The third-order valence-corrected chi connectivity index (χ3v) is 3.51. The number of nitrogens with zero attached hydrogens (tertiary/aromatic N) is 1. The summed E-state index contributed by atoms with van der Waals surface area (Å²) in [6.45, 7) is 3.24. The zero-order valence-electron chi connectivity index (χ0n) is 13.7. The smallest absolute Gasteiger partial charge is 0.325 e. The van der Waals surface area contributed by atoms with E-state index in [9.17, 15) is 24.9 Å². The summed E-state index contributed by atoms with van der Waals surface area (Å²) < 4.78 is 9.14. The molecule has 0 spiro atoms. The molecule has 1 rings (SSSR count). The molecule has 0 aromatic carbocycles. The Morgan fingerprint density at radius 3 is 2.38 bits per heavy atom. The number of carbonyl (C=O) groups excluding carboxylic acids is 2. The molecule has 1 aliphatic rings. The molecule has 0 aromatic heterocycles. The second-order valence-corrected chi connectivity index (χ2v) is 7.82. The fourth-order valence-electron chi connectivity index (χ4n) is 1.85. The van der Waals surface area contributed by atoms with Crippen LogP contribution in [0.15, 0.2) is 0 Å². The van der Waals surface area contributed by atoms with Gasteiger partial charge in [0.2, 0.25) is 0 Å². The lowest BCUT2D eigenvalue weighted by atomic mass is 10.2. The first-order chi connectivity index (χ1) is 11.1. The Hall–Kier alpha value is -0.780. The number of hydrogen-bond donors (Lipinski definition) is 3. The number of aliphatic hydroxyl groups is 3. The Balaban J connectivity index is 2.14. The number of esters is 1. The van der Waals surface area contributed by atoms with Crippen molar-refractivity contribution < 1.29 is 39.2 Å². The first-order valence-corrected chi connectivity index (χ1v) is 8.41. The van der Waals surface area contributed by atoms with Crippen molar-refractivity contribution in [3.63, 3.8) is 0 Å². The van der Waals surface area contributed by atoms with E-state index in [4.69, 9.17) is 14.3 Å². The largest absolute Gasteiger partial charge is 0.462 e. The van der Waals surface area contributed by atoms with Crippen LogP contribution in [0.5, 0.6) is 0 Å². The van der Waals surface area contributed by atoms with Crippen LogP contribution in [-0.2, 0) is 23.9 Å². The van der Waals surface area contributed by atoms with E-state index in [-0.39, 0.29) is 26.1 Å². The predicted molar refractivity (Wildman–Crippen MR) is 84.3 cm³/mol.